The van der Waals surface area contributed by atoms with Crippen molar-refractivity contribution < 1.29 is 14.3 Å². The number of aryl methyl sites for hydroxylation is 1. The van der Waals surface area contributed by atoms with Crippen molar-refractivity contribution in [2.24, 2.45) is 5.92 Å². The first kappa shape index (κ1) is 21.5. The van der Waals surface area contributed by atoms with Crippen molar-refractivity contribution in [3.63, 3.8) is 0 Å². The van der Waals surface area contributed by atoms with Gasteiger partial charge in [-0.25, -0.2) is 9.78 Å². The van der Waals surface area contributed by atoms with E-state index in [0.29, 0.717) is 40.0 Å². The van der Waals surface area contributed by atoms with Crippen LogP contribution in [0, 0.1) is 12.8 Å². The molecule has 0 bridgehead atoms. The zero-order valence-corrected chi connectivity index (χ0v) is 19.2. The van der Waals surface area contributed by atoms with Crippen LogP contribution in [0.1, 0.15) is 41.6 Å². The minimum Gasteiger partial charge on any atom is -0.397 e. The van der Waals surface area contributed by atoms with Gasteiger partial charge in [-0.05, 0) is 56.2 Å². The van der Waals surface area contributed by atoms with Gasteiger partial charge in [-0.3, -0.25) is 4.79 Å². The van der Waals surface area contributed by atoms with Gasteiger partial charge in [0.05, 0.1) is 0 Å². The first-order valence-electron chi connectivity index (χ1n) is 11.3. The van der Waals surface area contributed by atoms with Gasteiger partial charge in [0.1, 0.15) is 5.69 Å². The number of benzene rings is 2. The summed E-state index contributed by atoms with van der Waals surface area (Å²) < 4.78 is 5.64. The molecule has 0 aliphatic heterocycles. The molecule has 3 aromatic rings. The molecule has 7 nitrogen and oxygen atoms in total. The molecule has 2 aliphatic carbocycles. The van der Waals surface area contributed by atoms with E-state index in [1.807, 2.05) is 55.5 Å². The van der Waals surface area contributed by atoms with E-state index in [9.17, 15) is 9.59 Å². The molecule has 170 valence electrons. The number of nitrogens with zero attached hydrogens (tertiary/aromatic N) is 1. The Kier molecular flexibility index (Phi) is 6.00. The summed E-state index contributed by atoms with van der Waals surface area (Å²) >= 11 is 1.27. The predicted molar refractivity (Wildman–Crippen MR) is 129 cm³/mol. The SMILES string of the molecule is Cc1ccc(C(=O)NC2CC2)cc1Nc1nc(-c2ccccc2)c(OC(=O)NCC2CC2)s1. The molecule has 8 heteroatoms. The van der Waals surface area contributed by atoms with Gasteiger partial charge in [0, 0.05) is 29.4 Å². The summed E-state index contributed by atoms with van der Waals surface area (Å²) in [4.78, 5) is 29.5. The van der Waals surface area contributed by atoms with Gasteiger partial charge in [-0.1, -0.05) is 47.7 Å². The van der Waals surface area contributed by atoms with Crippen LogP contribution < -0.4 is 20.7 Å². The summed E-state index contributed by atoms with van der Waals surface area (Å²) in [6.07, 6.45) is 3.93. The second-order valence-corrected chi connectivity index (χ2v) is 9.60. The summed E-state index contributed by atoms with van der Waals surface area (Å²) in [6.45, 7) is 2.61. The highest BCUT2D eigenvalue weighted by Crippen LogP contribution is 2.39. The van der Waals surface area contributed by atoms with Crippen molar-refractivity contribution in [2.45, 2.75) is 38.6 Å². The molecule has 0 spiro atoms. The van der Waals surface area contributed by atoms with E-state index in [1.165, 1.54) is 11.3 Å². The van der Waals surface area contributed by atoms with E-state index in [2.05, 4.69) is 16.0 Å². The van der Waals surface area contributed by atoms with E-state index in [4.69, 9.17) is 9.72 Å². The van der Waals surface area contributed by atoms with Gasteiger partial charge < -0.3 is 20.7 Å². The fourth-order valence-electron chi connectivity index (χ4n) is 3.39. The van der Waals surface area contributed by atoms with Crippen LogP contribution in [0.5, 0.6) is 5.06 Å². The molecule has 2 amide bonds. The summed E-state index contributed by atoms with van der Waals surface area (Å²) in [5.41, 5.74) is 3.84. The lowest BCUT2D eigenvalue weighted by molar-refractivity contribution is 0.0951. The first-order valence-corrected chi connectivity index (χ1v) is 12.1. The normalized spacial score (nSPS) is 15.1. The first-order chi connectivity index (χ1) is 16.0. The van der Waals surface area contributed by atoms with E-state index >= 15 is 0 Å². The highest BCUT2D eigenvalue weighted by atomic mass is 32.1. The number of anilines is 2. The molecule has 0 atom stereocenters. The molecule has 0 unspecified atom stereocenters. The van der Waals surface area contributed by atoms with Gasteiger partial charge in [-0.2, -0.15) is 0 Å². The Morgan fingerprint density at radius 2 is 1.88 bits per heavy atom. The van der Waals surface area contributed by atoms with Crippen LogP contribution in [0.2, 0.25) is 0 Å². The summed E-state index contributed by atoms with van der Waals surface area (Å²) in [7, 11) is 0. The third-order valence-corrected chi connectivity index (χ3v) is 6.56. The average molecular weight is 463 g/mol. The standard InChI is InChI=1S/C25H26N4O3S/c1-15-7-10-18(22(30)27-19-11-12-19)13-20(15)28-24-29-21(17-5-3-2-4-6-17)23(33-24)32-25(31)26-14-16-8-9-16/h2-7,10,13,16,19H,8-9,11-12,14H2,1H3,(H,26,31)(H,27,30)(H,28,29). The summed E-state index contributed by atoms with van der Waals surface area (Å²) in [5.74, 6) is 0.498. The summed E-state index contributed by atoms with van der Waals surface area (Å²) in [5, 5.41) is 10.2. The van der Waals surface area contributed by atoms with Crippen LogP contribution in [0.4, 0.5) is 15.6 Å². The minimum atomic E-state index is -0.468. The largest absolute Gasteiger partial charge is 0.413 e. The molecular weight excluding hydrogens is 436 g/mol. The van der Waals surface area contributed by atoms with Gasteiger partial charge in [0.2, 0.25) is 5.06 Å². The van der Waals surface area contributed by atoms with Crippen molar-refractivity contribution in [3.8, 4) is 16.3 Å². The molecule has 2 aromatic carbocycles. The topological polar surface area (TPSA) is 92.3 Å². The van der Waals surface area contributed by atoms with E-state index in [-0.39, 0.29) is 5.91 Å². The number of carbonyl (C=O) groups excluding carboxylic acids is 2. The molecule has 1 heterocycles. The lowest BCUT2D eigenvalue weighted by atomic mass is 10.1. The highest BCUT2D eigenvalue weighted by molar-refractivity contribution is 7.18. The van der Waals surface area contributed by atoms with Crippen LogP contribution in [0.15, 0.2) is 48.5 Å². The van der Waals surface area contributed by atoms with Crippen molar-refractivity contribution in [1.29, 1.82) is 0 Å². The number of hydrogen-bond acceptors (Lipinski definition) is 6. The molecule has 2 saturated carbocycles. The number of carbonyl (C=O) groups is 2. The molecular formula is C25H26N4O3S. The van der Waals surface area contributed by atoms with Gasteiger partial charge in [0.15, 0.2) is 5.13 Å². The quantitative estimate of drug-likeness (QED) is 0.425. The molecule has 0 saturated heterocycles. The Bertz CT molecular complexity index is 1170. The number of hydrogen-bond donors (Lipinski definition) is 3. The Hall–Kier alpha value is -3.39. The number of aromatic nitrogens is 1. The van der Waals surface area contributed by atoms with E-state index in [0.717, 1.165) is 42.5 Å². The van der Waals surface area contributed by atoms with Gasteiger partial charge >= 0.3 is 6.09 Å². The lowest BCUT2D eigenvalue weighted by Gasteiger charge is -2.10. The van der Waals surface area contributed by atoms with Crippen molar-refractivity contribution in [1.82, 2.24) is 15.6 Å². The van der Waals surface area contributed by atoms with E-state index < -0.39 is 6.09 Å². The van der Waals surface area contributed by atoms with E-state index in [1.54, 1.807) is 0 Å². The smallest absolute Gasteiger partial charge is 0.397 e. The van der Waals surface area contributed by atoms with Crippen LogP contribution in [-0.4, -0.2) is 29.6 Å². The molecule has 2 aliphatic rings. The molecule has 1 aromatic heterocycles. The second kappa shape index (κ2) is 9.23. The Morgan fingerprint density at radius 1 is 1.09 bits per heavy atom. The number of rotatable bonds is 8. The second-order valence-electron chi connectivity index (χ2n) is 8.64. The molecule has 0 radical (unpaired) electrons. The van der Waals surface area contributed by atoms with Crippen molar-refractivity contribution >= 4 is 34.2 Å². The van der Waals surface area contributed by atoms with Crippen LogP contribution in [-0.2, 0) is 0 Å². The molecule has 3 N–H and O–H groups in total. The molecule has 5 rings (SSSR count). The number of ether oxygens (including phenoxy) is 1. The number of amides is 2. The Morgan fingerprint density at radius 3 is 2.61 bits per heavy atom. The maximum absolute atomic E-state index is 12.5. The van der Waals surface area contributed by atoms with Crippen molar-refractivity contribution in [2.75, 3.05) is 11.9 Å². The fourth-order valence-corrected chi connectivity index (χ4v) is 4.24. The third kappa shape index (κ3) is 5.51. The number of thiazole rings is 1. The summed E-state index contributed by atoms with van der Waals surface area (Å²) in [6, 6.07) is 15.5. The lowest BCUT2D eigenvalue weighted by Crippen LogP contribution is -2.28. The zero-order chi connectivity index (χ0) is 22.8. The molecule has 33 heavy (non-hydrogen) atoms. The minimum absolute atomic E-state index is 0.0685. The zero-order valence-electron chi connectivity index (χ0n) is 18.4. The van der Waals surface area contributed by atoms with Crippen LogP contribution in [0.25, 0.3) is 11.3 Å². The van der Waals surface area contributed by atoms with Crippen LogP contribution in [0.3, 0.4) is 0 Å². The third-order valence-electron chi connectivity index (χ3n) is 5.71. The number of nitrogens with one attached hydrogen (secondary N) is 3. The molecule has 2 fully saturated rings. The maximum atomic E-state index is 12.5. The maximum Gasteiger partial charge on any atom is 0.413 e. The Labute approximate surface area is 196 Å². The van der Waals surface area contributed by atoms with Gasteiger partial charge in [0.25, 0.3) is 5.91 Å². The highest BCUT2D eigenvalue weighted by Gasteiger charge is 2.25. The van der Waals surface area contributed by atoms with Gasteiger partial charge in [-0.15, -0.1) is 0 Å². The fraction of sp³-hybridized carbons (Fsp3) is 0.320. The van der Waals surface area contributed by atoms with Crippen molar-refractivity contribution in [3.05, 3.63) is 59.7 Å². The average Bonchev–Trinajstić information content (AvgIpc) is 3.74. The van der Waals surface area contributed by atoms with Crippen LogP contribution >= 0.6 is 11.3 Å². The monoisotopic (exact) mass is 462 g/mol. The predicted octanol–water partition coefficient (Wildman–Crippen LogP) is 5.25. The Balaban J connectivity index is 1.38.